The van der Waals surface area contributed by atoms with Gasteiger partial charge in [0.25, 0.3) is 0 Å². The van der Waals surface area contributed by atoms with Crippen molar-refractivity contribution in [3.63, 3.8) is 0 Å². The van der Waals surface area contributed by atoms with Gasteiger partial charge in [0, 0.05) is 24.3 Å². The van der Waals surface area contributed by atoms with Crippen LogP contribution in [0.15, 0.2) is 0 Å². The largest absolute Gasteiger partial charge is 0.356 e. The van der Waals surface area contributed by atoms with Crippen LogP contribution >= 0.6 is 0 Å². The molecular weight excluding hydrogens is 264 g/mol. The Balaban J connectivity index is 2.54. The lowest BCUT2D eigenvalue weighted by atomic mass is 10.1. The summed E-state index contributed by atoms with van der Waals surface area (Å²) >= 11 is 0. The van der Waals surface area contributed by atoms with Crippen LogP contribution < -0.4 is 5.32 Å². The molecule has 0 spiro atoms. The Morgan fingerprint density at radius 2 is 2.00 bits per heavy atom. The first kappa shape index (κ1) is 17.7. The van der Waals surface area contributed by atoms with Gasteiger partial charge in [-0.1, -0.05) is 13.8 Å². The molecule has 1 N–H and O–H groups in total. The number of aryl methyl sites for hydroxylation is 1. The molecule has 0 aliphatic carbocycles. The van der Waals surface area contributed by atoms with Crippen molar-refractivity contribution >= 4 is 5.91 Å². The fraction of sp³-hybridized carbons (Fsp3) is 0.750. The van der Waals surface area contributed by atoms with E-state index in [9.17, 15) is 4.79 Å². The second-order valence-corrected chi connectivity index (χ2v) is 6.41. The smallest absolute Gasteiger partial charge is 0.224 e. The molecule has 0 aromatic carbocycles. The van der Waals surface area contributed by atoms with E-state index in [4.69, 9.17) is 0 Å². The highest BCUT2D eigenvalue weighted by Gasteiger charge is 2.15. The van der Waals surface area contributed by atoms with Crippen molar-refractivity contribution in [2.24, 2.45) is 5.92 Å². The third-order valence-electron chi connectivity index (χ3n) is 3.51. The normalized spacial score (nSPS) is 11.4. The van der Waals surface area contributed by atoms with Crippen molar-refractivity contribution in [3.05, 3.63) is 17.0 Å². The van der Waals surface area contributed by atoms with E-state index in [1.807, 2.05) is 25.7 Å². The number of hydrogen-bond acceptors (Lipinski definition) is 3. The van der Waals surface area contributed by atoms with Crippen LogP contribution in [0.4, 0.5) is 0 Å². The number of aromatic nitrogens is 2. The van der Waals surface area contributed by atoms with Gasteiger partial charge in [0.15, 0.2) is 0 Å². The third kappa shape index (κ3) is 5.87. The zero-order valence-corrected chi connectivity index (χ0v) is 14.4. The summed E-state index contributed by atoms with van der Waals surface area (Å²) in [5, 5.41) is 7.54. The monoisotopic (exact) mass is 294 g/mol. The third-order valence-corrected chi connectivity index (χ3v) is 3.51. The van der Waals surface area contributed by atoms with Crippen LogP contribution in [-0.2, 0) is 17.8 Å². The highest BCUT2D eigenvalue weighted by atomic mass is 16.1. The van der Waals surface area contributed by atoms with Crippen molar-refractivity contribution in [2.75, 3.05) is 27.2 Å². The molecule has 1 heterocycles. The van der Waals surface area contributed by atoms with Crippen molar-refractivity contribution in [1.29, 1.82) is 0 Å². The van der Waals surface area contributed by atoms with Crippen LogP contribution in [0.3, 0.4) is 0 Å². The predicted octanol–water partition coefficient (Wildman–Crippen LogP) is 1.77. The lowest BCUT2D eigenvalue weighted by Gasteiger charge is -2.10. The molecule has 0 unspecified atom stereocenters. The SMILES string of the molecule is Cc1nn(CC(C)C)c(C)c1CC(=O)NCCCN(C)C. The van der Waals surface area contributed by atoms with E-state index < -0.39 is 0 Å². The van der Waals surface area contributed by atoms with Gasteiger partial charge in [0.1, 0.15) is 0 Å². The minimum Gasteiger partial charge on any atom is -0.356 e. The topological polar surface area (TPSA) is 50.2 Å². The van der Waals surface area contributed by atoms with Gasteiger partial charge < -0.3 is 10.2 Å². The Hall–Kier alpha value is -1.36. The summed E-state index contributed by atoms with van der Waals surface area (Å²) in [6.07, 6.45) is 1.40. The summed E-state index contributed by atoms with van der Waals surface area (Å²) in [5.74, 6) is 0.639. The molecule has 1 aromatic rings. The van der Waals surface area contributed by atoms with Crippen LogP contribution in [0, 0.1) is 19.8 Å². The molecule has 120 valence electrons. The Bertz CT molecular complexity index is 463. The van der Waals surface area contributed by atoms with Crippen molar-refractivity contribution in [1.82, 2.24) is 20.0 Å². The Kier molecular flexibility index (Phi) is 6.89. The molecule has 0 bridgehead atoms. The molecule has 5 nitrogen and oxygen atoms in total. The number of carbonyl (C=O) groups excluding carboxylic acids is 1. The first-order chi connectivity index (χ1) is 9.81. The molecule has 1 rings (SSSR count). The van der Waals surface area contributed by atoms with E-state index in [0.29, 0.717) is 12.3 Å². The average molecular weight is 294 g/mol. The van der Waals surface area contributed by atoms with Gasteiger partial charge in [-0.25, -0.2) is 0 Å². The van der Waals surface area contributed by atoms with Crippen LogP contribution in [0.25, 0.3) is 0 Å². The number of hydrogen-bond donors (Lipinski definition) is 1. The molecule has 0 aliphatic heterocycles. The van der Waals surface area contributed by atoms with Gasteiger partial charge in [-0.2, -0.15) is 5.10 Å². The maximum absolute atomic E-state index is 12.0. The van der Waals surface area contributed by atoms with E-state index in [1.165, 1.54) is 0 Å². The zero-order chi connectivity index (χ0) is 16.0. The molecule has 0 saturated carbocycles. The van der Waals surface area contributed by atoms with E-state index in [-0.39, 0.29) is 5.91 Å². The van der Waals surface area contributed by atoms with Crippen LogP contribution in [0.1, 0.15) is 37.2 Å². The van der Waals surface area contributed by atoms with E-state index in [0.717, 1.165) is 43.0 Å². The second kappa shape index (κ2) is 8.17. The fourth-order valence-corrected chi connectivity index (χ4v) is 2.36. The standard InChI is InChI=1S/C16H30N4O/c1-12(2)11-20-14(4)15(13(3)18-20)10-16(21)17-8-7-9-19(5)6/h12H,7-11H2,1-6H3,(H,17,21). The minimum absolute atomic E-state index is 0.0871. The molecule has 1 aromatic heterocycles. The summed E-state index contributed by atoms with van der Waals surface area (Å²) in [4.78, 5) is 14.2. The summed E-state index contributed by atoms with van der Waals surface area (Å²) in [5.41, 5.74) is 3.15. The van der Waals surface area contributed by atoms with Gasteiger partial charge in [-0.05, 0) is 46.8 Å². The van der Waals surface area contributed by atoms with Gasteiger partial charge >= 0.3 is 0 Å². The van der Waals surface area contributed by atoms with Crippen LogP contribution in [-0.4, -0.2) is 47.8 Å². The maximum Gasteiger partial charge on any atom is 0.224 e. The lowest BCUT2D eigenvalue weighted by molar-refractivity contribution is -0.120. The Morgan fingerprint density at radius 3 is 2.57 bits per heavy atom. The second-order valence-electron chi connectivity index (χ2n) is 6.41. The average Bonchev–Trinajstić information content (AvgIpc) is 2.61. The highest BCUT2D eigenvalue weighted by molar-refractivity contribution is 5.79. The van der Waals surface area contributed by atoms with Crippen LogP contribution in [0.2, 0.25) is 0 Å². The number of nitrogens with one attached hydrogen (secondary N) is 1. The van der Waals surface area contributed by atoms with Crippen molar-refractivity contribution in [3.8, 4) is 0 Å². The Morgan fingerprint density at radius 1 is 1.33 bits per heavy atom. The number of amides is 1. The van der Waals surface area contributed by atoms with Gasteiger partial charge in [-0.3, -0.25) is 9.48 Å². The summed E-state index contributed by atoms with van der Waals surface area (Å²) in [6.45, 7) is 11.0. The number of rotatable bonds is 8. The number of nitrogens with zero attached hydrogens (tertiary/aromatic N) is 3. The van der Waals surface area contributed by atoms with Gasteiger partial charge in [0.05, 0.1) is 12.1 Å². The highest BCUT2D eigenvalue weighted by Crippen LogP contribution is 2.15. The first-order valence-electron chi connectivity index (χ1n) is 7.75. The lowest BCUT2D eigenvalue weighted by Crippen LogP contribution is -2.28. The maximum atomic E-state index is 12.0. The fourth-order valence-electron chi connectivity index (χ4n) is 2.36. The molecule has 0 radical (unpaired) electrons. The predicted molar refractivity (Wildman–Crippen MR) is 86.4 cm³/mol. The Labute approximate surface area is 128 Å². The summed E-state index contributed by atoms with van der Waals surface area (Å²) < 4.78 is 2.02. The summed E-state index contributed by atoms with van der Waals surface area (Å²) in [7, 11) is 4.08. The number of carbonyl (C=O) groups is 1. The zero-order valence-electron chi connectivity index (χ0n) is 14.4. The van der Waals surface area contributed by atoms with E-state index in [2.05, 4.69) is 36.1 Å². The molecule has 1 amide bonds. The van der Waals surface area contributed by atoms with Crippen molar-refractivity contribution in [2.45, 2.75) is 47.1 Å². The van der Waals surface area contributed by atoms with E-state index in [1.54, 1.807) is 0 Å². The molecule has 21 heavy (non-hydrogen) atoms. The molecular formula is C16H30N4O. The first-order valence-corrected chi connectivity index (χ1v) is 7.75. The van der Waals surface area contributed by atoms with Crippen molar-refractivity contribution < 1.29 is 4.79 Å². The molecule has 0 fully saturated rings. The van der Waals surface area contributed by atoms with E-state index >= 15 is 0 Å². The van der Waals surface area contributed by atoms with Crippen LogP contribution in [0.5, 0.6) is 0 Å². The summed E-state index contributed by atoms with van der Waals surface area (Å²) in [6, 6.07) is 0. The molecule has 5 heteroatoms. The quantitative estimate of drug-likeness (QED) is 0.743. The minimum atomic E-state index is 0.0871. The molecule has 0 aliphatic rings. The van der Waals surface area contributed by atoms with Gasteiger partial charge in [-0.15, -0.1) is 0 Å². The molecule has 0 saturated heterocycles. The van der Waals surface area contributed by atoms with Gasteiger partial charge in [0.2, 0.25) is 5.91 Å². The molecule has 0 atom stereocenters.